The Morgan fingerprint density at radius 1 is 0.660 bits per heavy atom. The van der Waals surface area contributed by atoms with Gasteiger partial charge < -0.3 is 14.2 Å². The first-order valence-electron chi connectivity index (χ1n) is 16.9. The van der Waals surface area contributed by atoms with Crippen LogP contribution >= 0.6 is 0 Å². The van der Waals surface area contributed by atoms with Crippen LogP contribution in [0.4, 0.5) is 13.2 Å². The van der Waals surface area contributed by atoms with Crippen molar-refractivity contribution in [1.82, 2.24) is 9.97 Å². The fourth-order valence-corrected chi connectivity index (χ4v) is 4.95. The topological polar surface area (TPSA) is 87.6 Å². The molecule has 1 aromatic heterocycles. The minimum atomic E-state index is -4.66. The summed E-state index contributed by atoms with van der Waals surface area (Å²) in [5.74, 6) is -0.517. The third-order valence-electron chi connectivity index (χ3n) is 7.75. The van der Waals surface area contributed by atoms with Crippen LogP contribution in [-0.4, -0.2) is 40.8 Å². The summed E-state index contributed by atoms with van der Waals surface area (Å²) in [5.41, 5.74) is 0.786. The van der Waals surface area contributed by atoms with Crippen molar-refractivity contribution in [3.05, 3.63) is 72.1 Å². The van der Waals surface area contributed by atoms with Crippen LogP contribution in [0.1, 0.15) is 124 Å². The van der Waals surface area contributed by atoms with E-state index in [1.807, 2.05) is 24.3 Å². The summed E-state index contributed by atoms with van der Waals surface area (Å²) in [5, 5.41) is 0. The molecule has 0 N–H and O–H groups in total. The van der Waals surface area contributed by atoms with Crippen LogP contribution in [0.25, 0.3) is 11.4 Å². The van der Waals surface area contributed by atoms with E-state index < -0.39 is 24.2 Å². The molecule has 0 bridgehead atoms. The van der Waals surface area contributed by atoms with Gasteiger partial charge in [0.15, 0.2) is 11.9 Å². The van der Waals surface area contributed by atoms with E-state index in [0.29, 0.717) is 25.3 Å². The van der Waals surface area contributed by atoms with Crippen molar-refractivity contribution in [1.29, 1.82) is 0 Å². The number of ether oxygens (including phenoxy) is 3. The number of unbranched alkanes of at least 4 members (excludes halogenated alkanes) is 11. The van der Waals surface area contributed by atoms with Crippen molar-refractivity contribution in [2.75, 3.05) is 6.61 Å². The van der Waals surface area contributed by atoms with Crippen LogP contribution in [-0.2, 0) is 4.74 Å². The number of nitrogens with zero attached hydrogens (tertiary/aromatic N) is 2. The molecule has 1 atom stereocenters. The van der Waals surface area contributed by atoms with Crippen molar-refractivity contribution in [3.8, 4) is 22.9 Å². The molecule has 2 aromatic carbocycles. The van der Waals surface area contributed by atoms with E-state index in [9.17, 15) is 22.8 Å². The minimum Gasteiger partial charge on any atom is -0.494 e. The Balaban J connectivity index is 1.45. The lowest BCUT2D eigenvalue weighted by molar-refractivity contribution is -0.206. The molecule has 0 saturated carbocycles. The molecular weight excluding hydrogens is 609 g/mol. The summed E-state index contributed by atoms with van der Waals surface area (Å²) < 4.78 is 56.4. The largest absolute Gasteiger partial charge is 0.494 e. The highest BCUT2D eigenvalue weighted by Crippen LogP contribution is 2.28. The van der Waals surface area contributed by atoms with Gasteiger partial charge in [-0.1, -0.05) is 84.5 Å². The molecule has 0 spiro atoms. The van der Waals surface area contributed by atoms with Crippen molar-refractivity contribution < 1.29 is 37.0 Å². The molecule has 3 rings (SSSR count). The molecule has 47 heavy (non-hydrogen) atoms. The predicted octanol–water partition coefficient (Wildman–Crippen LogP) is 10.3. The van der Waals surface area contributed by atoms with Gasteiger partial charge in [-0.25, -0.2) is 19.6 Å². The normalized spacial score (nSPS) is 12.0. The van der Waals surface area contributed by atoms with Gasteiger partial charge in [-0.05, 0) is 67.8 Å². The zero-order valence-corrected chi connectivity index (χ0v) is 27.5. The predicted molar refractivity (Wildman–Crippen MR) is 176 cm³/mol. The number of aromatic nitrogens is 2. The van der Waals surface area contributed by atoms with Gasteiger partial charge in [0, 0.05) is 18.0 Å². The number of hydrogen-bond acceptors (Lipinski definition) is 7. The van der Waals surface area contributed by atoms with Gasteiger partial charge in [0.2, 0.25) is 0 Å². The number of alkyl halides is 3. The Morgan fingerprint density at radius 2 is 1.19 bits per heavy atom. The molecule has 256 valence electrons. The van der Waals surface area contributed by atoms with Crippen LogP contribution in [0.3, 0.4) is 0 Å². The number of rotatable bonds is 21. The van der Waals surface area contributed by atoms with Crippen LogP contribution in [0.15, 0.2) is 60.9 Å². The first-order chi connectivity index (χ1) is 22.7. The molecule has 0 radical (unpaired) electrons. The first-order valence-corrected chi connectivity index (χ1v) is 16.9. The van der Waals surface area contributed by atoms with Crippen LogP contribution in [0.2, 0.25) is 0 Å². The molecule has 0 aliphatic carbocycles. The summed E-state index contributed by atoms with van der Waals surface area (Å²) in [6, 6.07) is 12.6. The highest BCUT2D eigenvalue weighted by molar-refractivity contribution is 5.91. The molecule has 0 aliphatic rings. The van der Waals surface area contributed by atoms with Crippen LogP contribution in [0, 0.1) is 0 Å². The third-order valence-corrected chi connectivity index (χ3v) is 7.75. The average molecular weight is 657 g/mol. The minimum absolute atomic E-state index is 0.0797. The van der Waals surface area contributed by atoms with Gasteiger partial charge in [0.1, 0.15) is 11.5 Å². The Labute approximate surface area is 276 Å². The number of benzene rings is 2. The van der Waals surface area contributed by atoms with Crippen LogP contribution < -0.4 is 9.47 Å². The van der Waals surface area contributed by atoms with E-state index >= 15 is 0 Å². The van der Waals surface area contributed by atoms with Gasteiger partial charge >= 0.3 is 18.1 Å². The van der Waals surface area contributed by atoms with Gasteiger partial charge in [-0.2, -0.15) is 13.2 Å². The van der Waals surface area contributed by atoms with Gasteiger partial charge in [-0.15, -0.1) is 0 Å². The Hall–Kier alpha value is -3.95. The van der Waals surface area contributed by atoms with Crippen molar-refractivity contribution >= 4 is 11.9 Å². The van der Waals surface area contributed by atoms with E-state index in [-0.39, 0.29) is 23.3 Å². The maximum Gasteiger partial charge on any atom is 0.425 e. The lowest BCUT2D eigenvalue weighted by Gasteiger charge is -2.20. The van der Waals surface area contributed by atoms with E-state index in [1.54, 1.807) is 0 Å². The average Bonchev–Trinajstić information content (AvgIpc) is 3.07. The van der Waals surface area contributed by atoms with Crippen molar-refractivity contribution in [3.63, 3.8) is 0 Å². The number of hydrogen-bond donors (Lipinski definition) is 0. The maximum absolute atomic E-state index is 13.5. The van der Waals surface area contributed by atoms with Gasteiger partial charge in [-0.3, -0.25) is 0 Å². The maximum atomic E-state index is 13.5. The first kappa shape index (κ1) is 37.5. The summed E-state index contributed by atoms with van der Waals surface area (Å²) in [7, 11) is 0. The molecular formula is C37H47F3N2O5. The molecule has 0 fully saturated rings. The second kappa shape index (κ2) is 20.3. The standard InChI is InChI=1S/C37H47F3N2O5/c1-3-5-7-9-11-13-15-25-45-31-21-17-28(18-22-31)34-41-26-30(27-42-34)36(44)46-32-23-19-29(20-24-32)35(43)47-33(37(38,39)40)16-14-12-10-8-6-4-2/h17-24,26-27,33H,3-16,25H2,1-2H3. The number of carbonyl (C=O) groups excluding carboxylic acids is 2. The molecule has 10 heteroatoms. The second-order valence-electron chi connectivity index (χ2n) is 11.7. The zero-order chi connectivity index (χ0) is 33.9. The van der Waals surface area contributed by atoms with Crippen LogP contribution in [0.5, 0.6) is 11.5 Å². The Bertz CT molecular complexity index is 1330. The molecule has 7 nitrogen and oxygen atoms in total. The molecule has 0 aliphatic heterocycles. The smallest absolute Gasteiger partial charge is 0.425 e. The summed E-state index contributed by atoms with van der Waals surface area (Å²) in [4.78, 5) is 33.6. The molecule has 3 aromatic rings. The summed E-state index contributed by atoms with van der Waals surface area (Å²) in [6.45, 7) is 4.95. The van der Waals surface area contributed by atoms with E-state index in [0.717, 1.165) is 49.8 Å². The third kappa shape index (κ3) is 13.7. The van der Waals surface area contributed by atoms with Gasteiger partial charge in [0.05, 0.1) is 17.7 Å². The summed E-state index contributed by atoms with van der Waals surface area (Å²) >= 11 is 0. The monoisotopic (exact) mass is 656 g/mol. The van der Waals surface area contributed by atoms with E-state index in [2.05, 4.69) is 23.8 Å². The van der Waals surface area contributed by atoms with E-state index in [1.165, 1.54) is 68.8 Å². The van der Waals surface area contributed by atoms with Crippen molar-refractivity contribution in [2.24, 2.45) is 0 Å². The van der Waals surface area contributed by atoms with Crippen molar-refractivity contribution in [2.45, 2.75) is 116 Å². The lowest BCUT2D eigenvalue weighted by Crippen LogP contribution is -2.33. The quantitative estimate of drug-likeness (QED) is 0.0640. The molecule has 0 amide bonds. The van der Waals surface area contributed by atoms with E-state index in [4.69, 9.17) is 14.2 Å². The highest BCUT2D eigenvalue weighted by atomic mass is 19.4. The molecule has 1 unspecified atom stereocenters. The second-order valence-corrected chi connectivity index (χ2v) is 11.7. The highest BCUT2D eigenvalue weighted by Gasteiger charge is 2.42. The van der Waals surface area contributed by atoms with Gasteiger partial charge in [0.25, 0.3) is 0 Å². The Morgan fingerprint density at radius 3 is 1.77 bits per heavy atom. The lowest BCUT2D eigenvalue weighted by atomic mass is 10.1. The fourth-order valence-electron chi connectivity index (χ4n) is 4.95. The molecule has 0 saturated heterocycles. The number of carbonyl (C=O) groups is 2. The SMILES string of the molecule is CCCCCCCCCOc1ccc(-c2ncc(C(=O)Oc3ccc(C(=O)OC(CCCCCCCC)C(F)(F)F)cc3)cn2)cc1. The number of esters is 2. The summed E-state index contributed by atoms with van der Waals surface area (Å²) in [6.07, 6.45) is 9.04. The number of halogens is 3. The Kier molecular flexibility index (Phi) is 16.2. The zero-order valence-electron chi connectivity index (χ0n) is 27.5. The molecule has 1 heterocycles. The fraction of sp³-hybridized carbons (Fsp3) is 0.514.